The van der Waals surface area contributed by atoms with Gasteiger partial charge in [0, 0.05) is 35.4 Å². The molecule has 0 aliphatic heterocycles. The molecular formula is C13H17ClN2O5S. The van der Waals surface area contributed by atoms with Gasteiger partial charge in [-0.05, 0) is 6.07 Å². The lowest BCUT2D eigenvalue weighted by Gasteiger charge is -2.13. The van der Waals surface area contributed by atoms with Crippen LogP contribution in [0.1, 0.15) is 10.4 Å². The number of rotatable bonds is 6. The van der Waals surface area contributed by atoms with Gasteiger partial charge < -0.3 is 20.1 Å². The highest BCUT2D eigenvalue weighted by atomic mass is 35.5. The second-order valence-electron chi connectivity index (χ2n) is 4.18. The summed E-state index contributed by atoms with van der Waals surface area (Å²) in [6, 6.07) is 2.27. The molecule has 1 atom stereocenters. The summed E-state index contributed by atoms with van der Waals surface area (Å²) < 4.78 is 20.6. The van der Waals surface area contributed by atoms with Crippen molar-refractivity contribution >= 4 is 40.1 Å². The Balaban J connectivity index is 2.85. The Kier molecular flexibility index (Phi) is 7.13. The van der Waals surface area contributed by atoms with Crippen molar-refractivity contribution in [3.05, 3.63) is 22.7 Å². The third-order valence-corrected chi connectivity index (χ3v) is 3.71. The molecule has 0 aliphatic rings. The zero-order chi connectivity index (χ0) is 16.7. The van der Waals surface area contributed by atoms with E-state index in [2.05, 4.69) is 15.4 Å². The van der Waals surface area contributed by atoms with Crippen molar-refractivity contribution in [2.24, 2.45) is 0 Å². The number of hydrogen-bond acceptors (Lipinski definition) is 5. The molecule has 1 aromatic rings. The lowest BCUT2D eigenvalue weighted by Crippen LogP contribution is -2.31. The molecule has 0 unspecified atom stereocenters. The normalized spacial score (nSPS) is 11.5. The summed E-state index contributed by atoms with van der Waals surface area (Å²) in [6.07, 6.45) is 1.55. The molecule has 22 heavy (non-hydrogen) atoms. The number of amides is 2. The maximum atomic E-state index is 11.7. The van der Waals surface area contributed by atoms with Crippen molar-refractivity contribution in [3.63, 3.8) is 0 Å². The zero-order valence-corrected chi connectivity index (χ0v) is 14.0. The number of methoxy groups -OCH3 is 2. The van der Waals surface area contributed by atoms with Gasteiger partial charge in [0.1, 0.15) is 11.3 Å². The number of carbonyl (C=O) groups is 2. The SMILES string of the molecule is COC(=O)c1cc(Cl)c(NC(=O)NCC[S@](C)=O)cc1OC. The summed E-state index contributed by atoms with van der Waals surface area (Å²) in [5.74, 6) is -0.0208. The van der Waals surface area contributed by atoms with Crippen LogP contribution < -0.4 is 15.4 Å². The van der Waals surface area contributed by atoms with Crippen molar-refractivity contribution < 1.29 is 23.3 Å². The van der Waals surface area contributed by atoms with Crippen LogP contribution in [0.25, 0.3) is 0 Å². The molecule has 1 rings (SSSR count). The van der Waals surface area contributed by atoms with E-state index in [9.17, 15) is 13.8 Å². The van der Waals surface area contributed by atoms with Gasteiger partial charge in [-0.15, -0.1) is 0 Å². The van der Waals surface area contributed by atoms with Gasteiger partial charge in [0.2, 0.25) is 0 Å². The first-order valence-corrected chi connectivity index (χ1v) is 8.30. The maximum Gasteiger partial charge on any atom is 0.341 e. The number of benzene rings is 1. The number of esters is 1. The minimum atomic E-state index is -0.987. The Hall–Kier alpha value is -1.80. The molecule has 1 aromatic carbocycles. The number of halogens is 1. The summed E-state index contributed by atoms with van der Waals surface area (Å²) in [4.78, 5) is 23.3. The van der Waals surface area contributed by atoms with E-state index in [1.807, 2.05) is 0 Å². The van der Waals surface area contributed by atoms with Crippen LogP contribution in [0.4, 0.5) is 10.5 Å². The lowest BCUT2D eigenvalue weighted by molar-refractivity contribution is 0.0597. The van der Waals surface area contributed by atoms with E-state index in [4.69, 9.17) is 16.3 Å². The Bertz CT molecular complexity index is 594. The molecule has 122 valence electrons. The Morgan fingerprint density at radius 3 is 2.55 bits per heavy atom. The molecule has 0 bridgehead atoms. The van der Waals surface area contributed by atoms with E-state index in [1.165, 1.54) is 26.4 Å². The van der Waals surface area contributed by atoms with Gasteiger partial charge in [-0.2, -0.15) is 0 Å². The summed E-state index contributed by atoms with van der Waals surface area (Å²) in [5.41, 5.74) is 0.434. The van der Waals surface area contributed by atoms with E-state index < -0.39 is 22.8 Å². The molecule has 0 spiro atoms. The first-order valence-electron chi connectivity index (χ1n) is 6.19. The fourth-order valence-electron chi connectivity index (χ4n) is 1.56. The van der Waals surface area contributed by atoms with Crippen LogP contribution in [0, 0.1) is 0 Å². The van der Waals surface area contributed by atoms with Crippen LogP contribution in [0.2, 0.25) is 5.02 Å². The highest BCUT2D eigenvalue weighted by molar-refractivity contribution is 7.84. The van der Waals surface area contributed by atoms with Crippen molar-refractivity contribution in [3.8, 4) is 5.75 Å². The lowest BCUT2D eigenvalue weighted by atomic mass is 10.2. The van der Waals surface area contributed by atoms with Gasteiger partial charge in [0.05, 0.1) is 24.9 Å². The predicted molar refractivity (Wildman–Crippen MR) is 85.3 cm³/mol. The first kappa shape index (κ1) is 18.2. The quantitative estimate of drug-likeness (QED) is 0.762. The topological polar surface area (TPSA) is 93.7 Å². The summed E-state index contributed by atoms with van der Waals surface area (Å²) in [5, 5.41) is 5.23. The van der Waals surface area contributed by atoms with Crippen LogP contribution in [-0.2, 0) is 15.5 Å². The molecule has 0 fully saturated rings. The van der Waals surface area contributed by atoms with Crippen LogP contribution in [0.15, 0.2) is 12.1 Å². The van der Waals surface area contributed by atoms with Crippen LogP contribution in [0.5, 0.6) is 5.75 Å². The molecule has 0 aliphatic carbocycles. The predicted octanol–water partition coefficient (Wildman–Crippen LogP) is 1.64. The Morgan fingerprint density at radius 1 is 1.32 bits per heavy atom. The molecule has 0 saturated carbocycles. The number of anilines is 1. The van der Waals surface area contributed by atoms with Gasteiger partial charge >= 0.3 is 12.0 Å². The fourth-order valence-corrected chi connectivity index (χ4v) is 2.16. The largest absolute Gasteiger partial charge is 0.496 e. The average molecular weight is 349 g/mol. The van der Waals surface area contributed by atoms with Crippen LogP contribution in [0.3, 0.4) is 0 Å². The third-order valence-electron chi connectivity index (χ3n) is 2.62. The molecule has 0 heterocycles. The molecule has 0 aromatic heterocycles. The van der Waals surface area contributed by atoms with E-state index in [0.29, 0.717) is 5.75 Å². The molecule has 2 N–H and O–H groups in total. The second kappa shape index (κ2) is 8.60. The highest BCUT2D eigenvalue weighted by Crippen LogP contribution is 2.31. The first-order chi connectivity index (χ1) is 10.4. The molecule has 7 nitrogen and oxygen atoms in total. The molecular weight excluding hydrogens is 332 g/mol. The summed E-state index contributed by atoms with van der Waals surface area (Å²) in [6.45, 7) is 0.268. The smallest absolute Gasteiger partial charge is 0.341 e. The van der Waals surface area contributed by atoms with Gasteiger partial charge in [0.15, 0.2) is 0 Å². The minimum absolute atomic E-state index is 0.155. The van der Waals surface area contributed by atoms with Gasteiger partial charge in [-0.1, -0.05) is 11.6 Å². The van der Waals surface area contributed by atoms with Gasteiger partial charge in [0.25, 0.3) is 0 Å². The van der Waals surface area contributed by atoms with Crippen LogP contribution in [-0.4, -0.2) is 49.0 Å². The number of hydrogen-bond donors (Lipinski definition) is 2. The van der Waals surface area contributed by atoms with Crippen molar-refractivity contribution in [2.45, 2.75) is 0 Å². The second-order valence-corrected chi connectivity index (χ2v) is 6.14. The molecule has 2 amide bonds. The highest BCUT2D eigenvalue weighted by Gasteiger charge is 2.17. The fraction of sp³-hybridized carbons (Fsp3) is 0.385. The van der Waals surface area contributed by atoms with E-state index in [-0.39, 0.29) is 28.6 Å². The molecule has 9 heteroatoms. The van der Waals surface area contributed by atoms with Crippen LogP contribution >= 0.6 is 11.6 Å². The zero-order valence-electron chi connectivity index (χ0n) is 12.4. The van der Waals surface area contributed by atoms with E-state index in [0.717, 1.165) is 0 Å². The monoisotopic (exact) mass is 348 g/mol. The summed E-state index contributed by atoms with van der Waals surface area (Å²) in [7, 11) is 1.64. The minimum Gasteiger partial charge on any atom is -0.496 e. The number of carbonyl (C=O) groups excluding carboxylic acids is 2. The average Bonchev–Trinajstić information content (AvgIpc) is 2.47. The number of nitrogens with one attached hydrogen (secondary N) is 2. The van der Waals surface area contributed by atoms with Crippen molar-refractivity contribution in [1.29, 1.82) is 0 Å². The van der Waals surface area contributed by atoms with Gasteiger partial charge in [-0.25, -0.2) is 9.59 Å². The van der Waals surface area contributed by atoms with Crippen molar-refractivity contribution in [1.82, 2.24) is 5.32 Å². The van der Waals surface area contributed by atoms with Gasteiger partial charge in [-0.3, -0.25) is 4.21 Å². The van der Waals surface area contributed by atoms with E-state index >= 15 is 0 Å². The van der Waals surface area contributed by atoms with E-state index in [1.54, 1.807) is 6.26 Å². The maximum absolute atomic E-state index is 11.7. The Labute approximate surface area is 135 Å². The molecule has 0 saturated heterocycles. The number of ether oxygens (including phenoxy) is 2. The molecule has 0 radical (unpaired) electrons. The van der Waals surface area contributed by atoms with Crippen molar-refractivity contribution in [2.75, 3.05) is 38.1 Å². The summed E-state index contributed by atoms with van der Waals surface area (Å²) >= 11 is 6.03. The number of urea groups is 1. The third kappa shape index (κ3) is 5.19. The standard InChI is InChI=1S/C13H17ClN2O5S/c1-20-11-7-10(9(14)6-8(11)12(17)21-2)16-13(18)15-4-5-22(3)19/h6-7H,4-5H2,1-3H3,(H2,15,16,18)/t22-/m0/s1. The Morgan fingerprint density at radius 2 is 2.00 bits per heavy atom.